The van der Waals surface area contributed by atoms with Crippen LogP contribution in [-0.2, 0) is 14.3 Å². The summed E-state index contributed by atoms with van der Waals surface area (Å²) in [5.41, 5.74) is 0.455. The lowest BCUT2D eigenvalue weighted by Gasteiger charge is -2.16. The lowest BCUT2D eigenvalue weighted by molar-refractivity contribution is -0.384. The number of hydrogen-bond acceptors (Lipinski definition) is 8. The molecule has 4 rings (SSSR count). The average Bonchev–Trinajstić information content (AvgIpc) is 3.29. The summed E-state index contributed by atoms with van der Waals surface area (Å²) >= 11 is 11.8. The van der Waals surface area contributed by atoms with Crippen molar-refractivity contribution < 1.29 is 33.6 Å². The maximum absolute atomic E-state index is 12.5. The van der Waals surface area contributed by atoms with Crippen LogP contribution in [0.1, 0.15) is 27.1 Å². The standard InChI is InChI=1S/C26H18Cl2N2O8/c27-17-6-9-21(22(28)11-17)26(34)38-20-7-4-15(5-8-20)23(31)14-37-25(33)16-10-24(32)29(13-16)18-2-1-3-19(12-18)30(35)36/h1-9,11-12,16H,10,13-14H2/t16-/m1/s1. The third-order valence-corrected chi connectivity index (χ3v) is 6.24. The number of benzene rings is 3. The lowest BCUT2D eigenvalue weighted by Crippen LogP contribution is -2.27. The second-order valence-corrected chi connectivity index (χ2v) is 9.09. The molecule has 1 aliphatic heterocycles. The Hall–Kier alpha value is -4.28. The molecule has 0 aromatic heterocycles. The molecule has 1 fully saturated rings. The van der Waals surface area contributed by atoms with E-state index in [1.54, 1.807) is 0 Å². The van der Waals surface area contributed by atoms with E-state index >= 15 is 0 Å². The minimum atomic E-state index is -0.823. The van der Waals surface area contributed by atoms with Crippen molar-refractivity contribution in [2.24, 2.45) is 5.92 Å². The number of carbonyl (C=O) groups is 4. The second kappa shape index (κ2) is 11.4. The molecule has 12 heteroatoms. The highest BCUT2D eigenvalue weighted by Gasteiger charge is 2.36. The van der Waals surface area contributed by atoms with Gasteiger partial charge in [-0.25, -0.2) is 4.79 Å². The van der Waals surface area contributed by atoms with Crippen LogP contribution in [0.25, 0.3) is 0 Å². The van der Waals surface area contributed by atoms with Crippen LogP contribution in [0.15, 0.2) is 66.7 Å². The number of amides is 1. The molecule has 3 aromatic carbocycles. The van der Waals surface area contributed by atoms with Gasteiger partial charge in [-0.05, 0) is 48.5 Å². The Balaban J connectivity index is 1.31. The number of halogens is 2. The van der Waals surface area contributed by atoms with Crippen LogP contribution >= 0.6 is 23.2 Å². The van der Waals surface area contributed by atoms with E-state index in [1.807, 2.05) is 0 Å². The normalized spacial score (nSPS) is 14.7. The zero-order valence-electron chi connectivity index (χ0n) is 19.5. The van der Waals surface area contributed by atoms with Crippen molar-refractivity contribution in [1.82, 2.24) is 0 Å². The van der Waals surface area contributed by atoms with Crippen LogP contribution in [0.4, 0.5) is 11.4 Å². The van der Waals surface area contributed by atoms with Crippen molar-refractivity contribution >= 4 is 58.2 Å². The first-order chi connectivity index (χ1) is 18.1. The van der Waals surface area contributed by atoms with E-state index in [2.05, 4.69) is 0 Å². The van der Waals surface area contributed by atoms with E-state index in [4.69, 9.17) is 32.7 Å². The molecule has 0 unspecified atom stereocenters. The molecule has 1 heterocycles. The Morgan fingerprint density at radius 3 is 2.45 bits per heavy atom. The SMILES string of the molecule is O=C(COC(=O)[C@@H]1CC(=O)N(c2cccc([N+](=O)[O-])c2)C1)c1ccc(OC(=O)c2ccc(Cl)cc2Cl)cc1. The number of Topliss-reactive ketones (excluding diaryl/α,β-unsaturated/α-hetero) is 1. The summed E-state index contributed by atoms with van der Waals surface area (Å²) in [5, 5.41) is 11.5. The highest BCUT2D eigenvalue weighted by molar-refractivity contribution is 6.36. The number of nitro groups is 1. The molecule has 10 nitrogen and oxygen atoms in total. The Morgan fingerprint density at radius 1 is 1.03 bits per heavy atom. The summed E-state index contributed by atoms with van der Waals surface area (Å²) < 4.78 is 10.4. The molecule has 0 N–H and O–H groups in total. The molecular weight excluding hydrogens is 539 g/mol. The fraction of sp³-hybridized carbons (Fsp3) is 0.154. The van der Waals surface area contributed by atoms with Crippen LogP contribution < -0.4 is 9.64 Å². The van der Waals surface area contributed by atoms with Crippen LogP contribution in [0, 0.1) is 16.0 Å². The van der Waals surface area contributed by atoms with Gasteiger partial charge in [-0.3, -0.25) is 24.5 Å². The Bertz CT molecular complexity index is 1440. The van der Waals surface area contributed by atoms with E-state index in [0.717, 1.165) is 0 Å². The maximum atomic E-state index is 12.5. The zero-order valence-corrected chi connectivity index (χ0v) is 21.0. The molecule has 0 aliphatic carbocycles. The number of ether oxygens (including phenoxy) is 2. The highest BCUT2D eigenvalue weighted by Crippen LogP contribution is 2.28. The number of non-ortho nitro benzene ring substituents is 1. The first-order valence-electron chi connectivity index (χ1n) is 11.1. The molecule has 1 amide bonds. The van der Waals surface area contributed by atoms with E-state index in [1.165, 1.54) is 71.6 Å². The predicted molar refractivity (Wildman–Crippen MR) is 137 cm³/mol. The van der Waals surface area contributed by atoms with E-state index < -0.39 is 35.2 Å². The zero-order chi connectivity index (χ0) is 27.4. The van der Waals surface area contributed by atoms with Crippen molar-refractivity contribution in [3.05, 3.63) is 98.0 Å². The summed E-state index contributed by atoms with van der Waals surface area (Å²) in [5.74, 6) is -2.98. The average molecular weight is 557 g/mol. The number of ketones is 1. The van der Waals surface area contributed by atoms with Crippen molar-refractivity contribution in [2.45, 2.75) is 6.42 Å². The fourth-order valence-corrected chi connectivity index (χ4v) is 4.24. The molecule has 3 aromatic rings. The first kappa shape index (κ1) is 26.8. The second-order valence-electron chi connectivity index (χ2n) is 8.25. The highest BCUT2D eigenvalue weighted by atomic mass is 35.5. The molecule has 1 aliphatic rings. The van der Waals surface area contributed by atoms with Gasteiger partial charge in [0.05, 0.1) is 27.1 Å². The van der Waals surface area contributed by atoms with Crippen molar-refractivity contribution in [3.8, 4) is 5.75 Å². The molecule has 194 valence electrons. The number of anilines is 1. The van der Waals surface area contributed by atoms with Gasteiger partial charge < -0.3 is 14.4 Å². The quantitative estimate of drug-likeness (QED) is 0.126. The molecule has 0 radical (unpaired) electrons. The number of esters is 2. The molecular formula is C26H18Cl2N2O8. The van der Waals surface area contributed by atoms with Gasteiger partial charge in [0.25, 0.3) is 5.69 Å². The molecule has 1 saturated heterocycles. The monoisotopic (exact) mass is 556 g/mol. The number of nitro benzene ring substituents is 1. The van der Waals surface area contributed by atoms with Crippen LogP contribution in [0.2, 0.25) is 10.0 Å². The number of hydrogen-bond donors (Lipinski definition) is 0. The summed E-state index contributed by atoms with van der Waals surface area (Å²) in [6, 6.07) is 15.5. The van der Waals surface area contributed by atoms with E-state index in [-0.39, 0.29) is 46.5 Å². The van der Waals surface area contributed by atoms with Gasteiger partial charge in [-0.1, -0.05) is 29.3 Å². The van der Waals surface area contributed by atoms with Crippen LogP contribution in [0.5, 0.6) is 5.75 Å². The summed E-state index contributed by atoms with van der Waals surface area (Å²) in [6.45, 7) is -0.579. The Kier molecular flexibility index (Phi) is 8.04. The predicted octanol–water partition coefficient (Wildman–Crippen LogP) is 4.90. The largest absolute Gasteiger partial charge is 0.457 e. The molecule has 0 spiro atoms. The fourth-order valence-electron chi connectivity index (χ4n) is 3.75. The topological polar surface area (TPSA) is 133 Å². The third kappa shape index (κ3) is 6.16. The molecule has 38 heavy (non-hydrogen) atoms. The van der Waals surface area contributed by atoms with Gasteiger partial charge >= 0.3 is 11.9 Å². The van der Waals surface area contributed by atoms with Gasteiger partial charge in [0, 0.05) is 35.7 Å². The van der Waals surface area contributed by atoms with Crippen molar-refractivity contribution in [3.63, 3.8) is 0 Å². The molecule has 0 saturated carbocycles. The van der Waals surface area contributed by atoms with Crippen molar-refractivity contribution in [1.29, 1.82) is 0 Å². The lowest BCUT2D eigenvalue weighted by atomic mass is 10.1. The van der Waals surface area contributed by atoms with Crippen LogP contribution in [-0.4, -0.2) is 41.7 Å². The van der Waals surface area contributed by atoms with Gasteiger partial charge in [0.15, 0.2) is 12.4 Å². The Morgan fingerprint density at radius 2 is 1.76 bits per heavy atom. The van der Waals surface area contributed by atoms with Gasteiger partial charge in [-0.15, -0.1) is 0 Å². The summed E-state index contributed by atoms with van der Waals surface area (Å²) in [4.78, 5) is 61.4. The summed E-state index contributed by atoms with van der Waals surface area (Å²) in [7, 11) is 0. The number of rotatable bonds is 8. The summed E-state index contributed by atoms with van der Waals surface area (Å²) in [6.07, 6.45) is -0.145. The minimum absolute atomic E-state index is 0.0231. The number of carbonyl (C=O) groups excluding carboxylic acids is 4. The van der Waals surface area contributed by atoms with Gasteiger partial charge in [-0.2, -0.15) is 0 Å². The van der Waals surface area contributed by atoms with Crippen molar-refractivity contribution in [2.75, 3.05) is 18.1 Å². The van der Waals surface area contributed by atoms with E-state index in [0.29, 0.717) is 10.7 Å². The van der Waals surface area contributed by atoms with Crippen LogP contribution in [0.3, 0.4) is 0 Å². The maximum Gasteiger partial charge on any atom is 0.345 e. The first-order valence-corrected chi connectivity index (χ1v) is 11.9. The third-order valence-electron chi connectivity index (χ3n) is 5.69. The van der Waals surface area contributed by atoms with E-state index in [9.17, 15) is 29.3 Å². The Labute approximate surface area is 225 Å². The smallest absolute Gasteiger partial charge is 0.345 e. The molecule has 0 bridgehead atoms. The van der Waals surface area contributed by atoms with Gasteiger partial charge in [0.2, 0.25) is 5.91 Å². The number of nitrogens with zero attached hydrogens (tertiary/aromatic N) is 2. The molecule has 1 atom stereocenters. The minimum Gasteiger partial charge on any atom is -0.457 e. The van der Waals surface area contributed by atoms with Gasteiger partial charge in [0.1, 0.15) is 5.75 Å².